The average Bonchev–Trinajstić information content (AvgIpc) is 3.39. The van der Waals surface area contributed by atoms with Crippen LogP contribution in [0.2, 0.25) is 0 Å². The number of pyridine rings is 1. The van der Waals surface area contributed by atoms with Crippen LogP contribution in [0.4, 0.5) is 0 Å². The number of benzene rings is 1. The fraction of sp³-hybridized carbons (Fsp3) is 0.278. The molecule has 1 N–H and O–H groups in total. The lowest BCUT2D eigenvalue weighted by molar-refractivity contribution is 0.0784. The van der Waals surface area contributed by atoms with Crippen LogP contribution in [0.3, 0.4) is 0 Å². The van der Waals surface area contributed by atoms with Crippen molar-refractivity contribution in [2.75, 3.05) is 7.05 Å². The zero-order valence-corrected chi connectivity index (χ0v) is 13.0. The van der Waals surface area contributed by atoms with Gasteiger partial charge in [0.1, 0.15) is 0 Å². The molecule has 1 aliphatic rings. The first-order valence-corrected chi connectivity index (χ1v) is 7.69. The van der Waals surface area contributed by atoms with Crippen molar-refractivity contribution in [3.8, 4) is 0 Å². The van der Waals surface area contributed by atoms with Crippen LogP contribution in [-0.2, 0) is 6.54 Å². The van der Waals surface area contributed by atoms with Crippen LogP contribution in [0.15, 0.2) is 48.8 Å². The van der Waals surface area contributed by atoms with Crippen molar-refractivity contribution in [1.82, 2.24) is 15.2 Å². The van der Waals surface area contributed by atoms with E-state index in [1.165, 1.54) is 0 Å². The average molecular weight is 309 g/mol. The van der Waals surface area contributed by atoms with Gasteiger partial charge in [0.05, 0.1) is 0 Å². The molecule has 2 amide bonds. The van der Waals surface area contributed by atoms with Crippen molar-refractivity contribution in [3.63, 3.8) is 0 Å². The van der Waals surface area contributed by atoms with Crippen molar-refractivity contribution >= 4 is 11.8 Å². The molecule has 118 valence electrons. The van der Waals surface area contributed by atoms with Crippen LogP contribution >= 0.6 is 0 Å². The van der Waals surface area contributed by atoms with Gasteiger partial charge in [-0.3, -0.25) is 14.6 Å². The van der Waals surface area contributed by atoms with E-state index >= 15 is 0 Å². The van der Waals surface area contributed by atoms with Crippen molar-refractivity contribution in [2.24, 2.45) is 0 Å². The van der Waals surface area contributed by atoms with E-state index in [-0.39, 0.29) is 11.8 Å². The fourth-order valence-corrected chi connectivity index (χ4v) is 2.32. The molecule has 23 heavy (non-hydrogen) atoms. The zero-order chi connectivity index (χ0) is 16.2. The van der Waals surface area contributed by atoms with Crippen LogP contribution < -0.4 is 5.32 Å². The third-order valence-electron chi connectivity index (χ3n) is 3.82. The highest BCUT2D eigenvalue weighted by Crippen LogP contribution is 2.19. The second kappa shape index (κ2) is 6.60. The van der Waals surface area contributed by atoms with Gasteiger partial charge in [0.2, 0.25) is 0 Å². The minimum atomic E-state index is -0.0528. The Hall–Kier alpha value is -2.69. The van der Waals surface area contributed by atoms with E-state index in [2.05, 4.69) is 10.3 Å². The summed E-state index contributed by atoms with van der Waals surface area (Å²) in [6.07, 6.45) is 5.36. The van der Waals surface area contributed by atoms with Crippen molar-refractivity contribution in [2.45, 2.75) is 25.4 Å². The van der Waals surface area contributed by atoms with E-state index in [9.17, 15) is 9.59 Å². The lowest BCUT2D eigenvalue weighted by atomic mass is 10.1. The van der Waals surface area contributed by atoms with Crippen LogP contribution in [0.1, 0.15) is 39.1 Å². The molecule has 1 aromatic heterocycles. The van der Waals surface area contributed by atoms with E-state index in [4.69, 9.17) is 0 Å². The van der Waals surface area contributed by atoms with E-state index < -0.39 is 0 Å². The lowest BCUT2D eigenvalue weighted by Gasteiger charge is -2.17. The molecule has 0 radical (unpaired) electrons. The molecule has 0 bridgehead atoms. The smallest absolute Gasteiger partial charge is 0.254 e. The molecule has 0 saturated heterocycles. The first-order valence-electron chi connectivity index (χ1n) is 7.69. The molecular weight excluding hydrogens is 290 g/mol. The topological polar surface area (TPSA) is 62.3 Å². The normalized spacial score (nSPS) is 13.4. The second-order valence-electron chi connectivity index (χ2n) is 5.84. The van der Waals surface area contributed by atoms with Gasteiger partial charge in [-0.05, 0) is 42.7 Å². The standard InChI is InChI=1S/C18H19N3O2/c1-21(18(23)15-8-10-19-11-9-15)12-13-2-4-14(5-3-13)17(22)20-16-6-7-16/h2-5,8-11,16H,6-7,12H2,1H3,(H,20,22). The summed E-state index contributed by atoms with van der Waals surface area (Å²) in [5.41, 5.74) is 2.25. The largest absolute Gasteiger partial charge is 0.349 e. The molecule has 2 aromatic rings. The highest BCUT2D eigenvalue weighted by Gasteiger charge is 2.23. The van der Waals surface area contributed by atoms with E-state index in [1.54, 1.807) is 48.6 Å². The lowest BCUT2D eigenvalue weighted by Crippen LogP contribution is -2.26. The maximum absolute atomic E-state index is 12.3. The quantitative estimate of drug-likeness (QED) is 0.921. The summed E-state index contributed by atoms with van der Waals surface area (Å²) in [5.74, 6) is -0.0804. The number of carbonyl (C=O) groups excluding carboxylic acids is 2. The van der Waals surface area contributed by atoms with Gasteiger partial charge in [-0.15, -0.1) is 0 Å². The summed E-state index contributed by atoms with van der Waals surface area (Å²) in [5, 5.41) is 2.96. The monoisotopic (exact) mass is 309 g/mol. The number of rotatable bonds is 5. The predicted octanol–water partition coefficient (Wildman–Crippen LogP) is 2.25. The summed E-state index contributed by atoms with van der Waals surface area (Å²) in [6, 6.07) is 11.1. The van der Waals surface area contributed by atoms with E-state index in [1.807, 2.05) is 12.1 Å². The number of carbonyl (C=O) groups is 2. The first-order chi connectivity index (χ1) is 11.1. The Bertz CT molecular complexity index is 694. The van der Waals surface area contributed by atoms with Gasteiger partial charge in [-0.2, -0.15) is 0 Å². The molecule has 3 rings (SSSR count). The number of nitrogens with zero attached hydrogens (tertiary/aromatic N) is 2. The van der Waals surface area contributed by atoms with Gasteiger partial charge < -0.3 is 10.2 Å². The van der Waals surface area contributed by atoms with Crippen LogP contribution in [0, 0.1) is 0 Å². The summed E-state index contributed by atoms with van der Waals surface area (Å²) in [4.78, 5) is 29.8. The molecule has 1 aromatic carbocycles. The van der Waals surface area contributed by atoms with Crippen LogP contribution in [0.5, 0.6) is 0 Å². The molecular formula is C18H19N3O2. The summed E-state index contributed by atoms with van der Waals surface area (Å²) in [6.45, 7) is 0.492. The van der Waals surface area contributed by atoms with Gasteiger partial charge in [-0.1, -0.05) is 12.1 Å². The zero-order valence-electron chi connectivity index (χ0n) is 13.0. The number of aromatic nitrogens is 1. The highest BCUT2D eigenvalue weighted by molar-refractivity contribution is 5.95. The van der Waals surface area contributed by atoms with Gasteiger partial charge in [0.15, 0.2) is 0 Å². The fourth-order valence-electron chi connectivity index (χ4n) is 2.32. The van der Waals surface area contributed by atoms with E-state index in [0.29, 0.717) is 23.7 Å². The molecule has 1 aliphatic carbocycles. The Morgan fingerprint density at radius 1 is 1.09 bits per heavy atom. The molecule has 1 fully saturated rings. The van der Waals surface area contributed by atoms with Gasteiger partial charge in [0.25, 0.3) is 11.8 Å². The first kappa shape index (κ1) is 15.2. The molecule has 1 saturated carbocycles. The summed E-state index contributed by atoms with van der Waals surface area (Å²) < 4.78 is 0. The van der Waals surface area contributed by atoms with Gasteiger partial charge in [0, 0.05) is 43.2 Å². The SMILES string of the molecule is CN(Cc1ccc(C(=O)NC2CC2)cc1)C(=O)c1ccncc1. The number of hydrogen-bond acceptors (Lipinski definition) is 3. The van der Waals surface area contributed by atoms with Crippen LogP contribution in [0.25, 0.3) is 0 Å². The van der Waals surface area contributed by atoms with Gasteiger partial charge in [-0.25, -0.2) is 0 Å². The second-order valence-corrected chi connectivity index (χ2v) is 5.84. The predicted molar refractivity (Wildman–Crippen MR) is 87.0 cm³/mol. The molecule has 0 aliphatic heterocycles. The van der Waals surface area contributed by atoms with Crippen molar-refractivity contribution in [1.29, 1.82) is 0 Å². The summed E-state index contributed by atoms with van der Waals surface area (Å²) in [7, 11) is 1.76. The minimum absolute atomic E-state index is 0.0275. The molecule has 0 spiro atoms. The molecule has 0 atom stereocenters. The Balaban J connectivity index is 1.61. The minimum Gasteiger partial charge on any atom is -0.349 e. The van der Waals surface area contributed by atoms with Crippen molar-refractivity contribution in [3.05, 3.63) is 65.5 Å². The van der Waals surface area contributed by atoms with E-state index in [0.717, 1.165) is 18.4 Å². The third-order valence-corrected chi connectivity index (χ3v) is 3.82. The molecule has 1 heterocycles. The third kappa shape index (κ3) is 3.94. The van der Waals surface area contributed by atoms with Crippen molar-refractivity contribution < 1.29 is 9.59 Å². The maximum atomic E-state index is 12.3. The number of amides is 2. The summed E-state index contributed by atoms with van der Waals surface area (Å²) >= 11 is 0. The molecule has 0 unspecified atom stereocenters. The number of hydrogen-bond donors (Lipinski definition) is 1. The Morgan fingerprint density at radius 3 is 2.35 bits per heavy atom. The molecule has 5 heteroatoms. The molecule has 5 nitrogen and oxygen atoms in total. The Morgan fingerprint density at radius 2 is 1.74 bits per heavy atom. The highest BCUT2D eigenvalue weighted by atomic mass is 16.2. The number of nitrogens with one attached hydrogen (secondary N) is 1. The Labute approximate surface area is 135 Å². The van der Waals surface area contributed by atoms with Gasteiger partial charge >= 0.3 is 0 Å². The maximum Gasteiger partial charge on any atom is 0.254 e. The van der Waals surface area contributed by atoms with Crippen LogP contribution in [-0.4, -0.2) is 34.8 Å². The Kier molecular flexibility index (Phi) is 4.37.